The quantitative estimate of drug-likeness (QED) is 0.425. The smallest absolute Gasteiger partial charge is 0.330 e. The number of hydrogen-bond donors (Lipinski definition) is 1. The van der Waals surface area contributed by atoms with E-state index in [2.05, 4.69) is 5.32 Å². The molecule has 0 saturated carbocycles. The number of nitrogens with one attached hydrogen (secondary N) is 1. The molecule has 0 aliphatic carbocycles. The van der Waals surface area contributed by atoms with Crippen molar-refractivity contribution in [2.75, 3.05) is 6.61 Å². The number of rotatable bonds is 7. The minimum Gasteiger partial charge on any atom is -0.454 e. The number of imide groups is 2. The van der Waals surface area contributed by atoms with E-state index in [4.69, 9.17) is 4.74 Å². The lowest BCUT2D eigenvalue weighted by atomic mass is 10.0. The van der Waals surface area contributed by atoms with Gasteiger partial charge in [-0.1, -0.05) is 42.5 Å². The molecule has 4 rings (SSSR count). The average Bonchev–Trinajstić information content (AvgIpc) is 3.38. The van der Waals surface area contributed by atoms with Gasteiger partial charge in [-0.3, -0.25) is 29.4 Å². The second kappa shape index (κ2) is 9.53. The normalized spacial score (nSPS) is 13.4. The van der Waals surface area contributed by atoms with Gasteiger partial charge in [0.2, 0.25) is 0 Å². The second-order valence-corrected chi connectivity index (χ2v) is 7.72. The lowest BCUT2D eigenvalue weighted by Crippen LogP contribution is -2.47. The molecule has 1 unspecified atom stereocenters. The standard InChI is InChI=1S/C25H21N3O6/c1-27-13-7-12-19(27)22(30)26-21(29)15-34-25(33)20(14-16-8-3-2-4-9-16)28-23(31)17-10-5-6-11-18(17)24(28)32/h2-13,20H,14-15H2,1H3,(H,26,29,30). The molecule has 2 heterocycles. The molecular formula is C25H21N3O6. The minimum absolute atomic E-state index is 0.00897. The fourth-order valence-corrected chi connectivity index (χ4v) is 3.76. The number of carbonyl (C=O) groups excluding carboxylic acids is 5. The summed E-state index contributed by atoms with van der Waals surface area (Å²) in [5, 5.41) is 2.14. The van der Waals surface area contributed by atoms with Crippen molar-refractivity contribution in [3.63, 3.8) is 0 Å². The van der Waals surface area contributed by atoms with E-state index in [0.717, 1.165) is 4.90 Å². The summed E-state index contributed by atoms with van der Waals surface area (Å²) < 4.78 is 6.67. The molecule has 0 radical (unpaired) electrons. The zero-order valence-electron chi connectivity index (χ0n) is 18.3. The van der Waals surface area contributed by atoms with Gasteiger partial charge in [0, 0.05) is 19.7 Å². The first-order valence-electron chi connectivity index (χ1n) is 10.5. The van der Waals surface area contributed by atoms with Crippen LogP contribution in [0.5, 0.6) is 0 Å². The highest BCUT2D eigenvalue weighted by atomic mass is 16.5. The summed E-state index contributed by atoms with van der Waals surface area (Å²) in [6.07, 6.45) is 1.66. The Morgan fingerprint density at radius 1 is 0.882 bits per heavy atom. The Kier molecular flexibility index (Phi) is 6.35. The van der Waals surface area contributed by atoms with Crippen molar-refractivity contribution < 1.29 is 28.7 Å². The lowest BCUT2D eigenvalue weighted by Gasteiger charge is -2.24. The number of aryl methyl sites for hydroxylation is 1. The first-order chi connectivity index (χ1) is 16.4. The van der Waals surface area contributed by atoms with Crippen LogP contribution >= 0.6 is 0 Å². The Hall–Kier alpha value is -4.53. The molecule has 1 aromatic heterocycles. The molecule has 9 nitrogen and oxygen atoms in total. The minimum atomic E-state index is -1.29. The van der Waals surface area contributed by atoms with Gasteiger partial charge in [-0.05, 0) is 29.8 Å². The van der Waals surface area contributed by atoms with Gasteiger partial charge < -0.3 is 9.30 Å². The number of hydrogen-bond acceptors (Lipinski definition) is 6. The van der Waals surface area contributed by atoms with Crippen LogP contribution in [-0.2, 0) is 27.8 Å². The fourth-order valence-electron chi connectivity index (χ4n) is 3.76. The van der Waals surface area contributed by atoms with Gasteiger partial charge in [0.05, 0.1) is 11.1 Å². The average molecular weight is 459 g/mol. The summed E-state index contributed by atoms with van der Waals surface area (Å²) >= 11 is 0. The van der Waals surface area contributed by atoms with Crippen LogP contribution in [0.3, 0.4) is 0 Å². The number of carbonyl (C=O) groups is 5. The van der Waals surface area contributed by atoms with Crippen molar-refractivity contribution in [1.29, 1.82) is 0 Å². The van der Waals surface area contributed by atoms with E-state index in [0.29, 0.717) is 5.56 Å². The maximum atomic E-state index is 13.0. The molecule has 9 heteroatoms. The van der Waals surface area contributed by atoms with Crippen LogP contribution in [0.1, 0.15) is 36.8 Å². The highest BCUT2D eigenvalue weighted by molar-refractivity contribution is 6.22. The van der Waals surface area contributed by atoms with E-state index in [1.165, 1.54) is 22.8 Å². The van der Waals surface area contributed by atoms with Crippen molar-refractivity contribution in [3.05, 3.63) is 95.3 Å². The molecule has 1 N–H and O–H groups in total. The number of amides is 4. The predicted octanol–water partition coefficient (Wildman–Crippen LogP) is 1.73. The van der Waals surface area contributed by atoms with Crippen molar-refractivity contribution in [1.82, 2.24) is 14.8 Å². The number of fused-ring (bicyclic) bond motifs is 1. The van der Waals surface area contributed by atoms with E-state index in [1.54, 1.807) is 61.8 Å². The van der Waals surface area contributed by atoms with Gasteiger partial charge in [-0.2, -0.15) is 0 Å². The molecule has 0 spiro atoms. The number of aromatic nitrogens is 1. The molecule has 4 amide bonds. The van der Waals surface area contributed by atoms with Crippen LogP contribution in [0.2, 0.25) is 0 Å². The monoisotopic (exact) mass is 459 g/mol. The third kappa shape index (κ3) is 4.49. The number of esters is 1. The third-order valence-corrected chi connectivity index (χ3v) is 5.46. The molecule has 1 aliphatic rings. The Bertz CT molecular complexity index is 1250. The molecule has 2 aromatic carbocycles. The predicted molar refractivity (Wildman–Crippen MR) is 120 cm³/mol. The van der Waals surface area contributed by atoms with Gasteiger partial charge in [0.25, 0.3) is 23.6 Å². The van der Waals surface area contributed by atoms with Gasteiger partial charge in [-0.25, -0.2) is 4.79 Å². The van der Waals surface area contributed by atoms with Crippen molar-refractivity contribution in [2.45, 2.75) is 12.5 Å². The number of nitrogens with zero attached hydrogens (tertiary/aromatic N) is 2. The molecule has 0 saturated heterocycles. The summed E-state index contributed by atoms with van der Waals surface area (Å²) in [6, 6.07) is 17.0. The Morgan fingerprint density at radius 3 is 2.09 bits per heavy atom. The second-order valence-electron chi connectivity index (χ2n) is 7.72. The topological polar surface area (TPSA) is 115 Å². The van der Waals surface area contributed by atoms with Crippen LogP contribution in [0, 0.1) is 0 Å². The summed E-state index contributed by atoms with van der Waals surface area (Å²) in [6.45, 7) is -0.747. The third-order valence-electron chi connectivity index (χ3n) is 5.46. The molecule has 3 aromatic rings. The van der Waals surface area contributed by atoms with Crippen molar-refractivity contribution >= 4 is 29.6 Å². The molecule has 1 atom stereocenters. The molecule has 172 valence electrons. The van der Waals surface area contributed by atoms with E-state index < -0.39 is 42.2 Å². The van der Waals surface area contributed by atoms with E-state index in [-0.39, 0.29) is 23.2 Å². The number of benzene rings is 2. The summed E-state index contributed by atoms with van der Waals surface area (Å²) in [5.41, 5.74) is 1.35. The molecule has 34 heavy (non-hydrogen) atoms. The summed E-state index contributed by atoms with van der Waals surface area (Å²) in [5.74, 6) is -3.63. The zero-order valence-corrected chi connectivity index (χ0v) is 18.3. The Balaban J connectivity index is 1.49. The Labute approximate surface area is 194 Å². The molecule has 1 aliphatic heterocycles. The maximum absolute atomic E-state index is 13.0. The van der Waals surface area contributed by atoms with Crippen LogP contribution in [-0.4, -0.2) is 51.7 Å². The lowest BCUT2D eigenvalue weighted by molar-refractivity contribution is -0.152. The first-order valence-corrected chi connectivity index (χ1v) is 10.5. The zero-order chi connectivity index (χ0) is 24.2. The SMILES string of the molecule is Cn1cccc1C(=O)NC(=O)COC(=O)C(Cc1ccccc1)N1C(=O)c2ccccc2C1=O. The number of ether oxygens (including phenoxy) is 1. The molecular weight excluding hydrogens is 438 g/mol. The Morgan fingerprint density at radius 2 is 1.50 bits per heavy atom. The van der Waals surface area contributed by atoms with Crippen molar-refractivity contribution in [3.8, 4) is 0 Å². The van der Waals surface area contributed by atoms with Crippen LogP contribution in [0.4, 0.5) is 0 Å². The van der Waals surface area contributed by atoms with Crippen LogP contribution in [0.15, 0.2) is 72.9 Å². The van der Waals surface area contributed by atoms with Gasteiger partial charge in [0.1, 0.15) is 11.7 Å². The largest absolute Gasteiger partial charge is 0.454 e. The van der Waals surface area contributed by atoms with E-state index >= 15 is 0 Å². The van der Waals surface area contributed by atoms with E-state index in [1.807, 2.05) is 0 Å². The van der Waals surface area contributed by atoms with Crippen LogP contribution in [0.25, 0.3) is 0 Å². The van der Waals surface area contributed by atoms with Crippen LogP contribution < -0.4 is 5.32 Å². The molecule has 0 bridgehead atoms. The molecule has 0 fully saturated rings. The van der Waals surface area contributed by atoms with Gasteiger partial charge in [0.15, 0.2) is 6.61 Å². The van der Waals surface area contributed by atoms with Gasteiger partial charge in [-0.15, -0.1) is 0 Å². The highest BCUT2D eigenvalue weighted by Gasteiger charge is 2.43. The fraction of sp³-hybridized carbons (Fsp3) is 0.160. The summed E-state index contributed by atoms with van der Waals surface area (Å²) in [4.78, 5) is 64.2. The first kappa shape index (κ1) is 22.7. The van der Waals surface area contributed by atoms with Gasteiger partial charge >= 0.3 is 5.97 Å². The van der Waals surface area contributed by atoms with E-state index in [9.17, 15) is 24.0 Å². The maximum Gasteiger partial charge on any atom is 0.330 e. The summed E-state index contributed by atoms with van der Waals surface area (Å²) in [7, 11) is 1.65. The van der Waals surface area contributed by atoms with Crippen molar-refractivity contribution in [2.24, 2.45) is 7.05 Å². The highest BCUT2D eigenvalue weighted by Crippen LogP contribution is 2.26.